The van der Waals surface area contributed by atoms with E-state index in [1.165, 1.54) is 21.7 Å². The summed E-state index contributed by atoms with van der Waals surface area (Å²) in [6.45, 7) is 2.55. The number of aromatic nitrogens is 2. The van der Waals surface area contributed by atoms with Gasteiger partial charge in [-0.3, -0.25) is 9.59 Å². The van der Waals surface area contributed by atoms with E-state index in [1.807, 2.05) is 0 Å². The molecule has 2 aromatic rings. The minimum atomic E-state index is -0.898. The average molecular weight is 366 g/mol. The lowest BCUT2D eigenvalue weighted by Gasteiger charge is -2.15. The molecule has 0 bridgehead atoms. The average Bonchev–Trinajstić information content (AvgIpc) is 3.15. The molecule has 132 valence electrons. The van der Waals surface area contributed by atoms with Gasteiger partial charge < -0.3 is 10.0 Å². The van der Waals surface area contributed by atoms with Gasteiger partial charge in [0.05, 0.1) is 23.7 Å². The van der Waals surface area contributed by atoms with E-state index < -0.39 is 11.9 Å². The smallest absolute Gasteiger partial charge is 0.308 e. The Morgan fingerprint density at radius 3 is 2.64 bits per heavy atom. The van der Waals surface area contributed by atoms with Crippen molar-refractivity contribution >= 4 is 23.5 Å². The van der Waals surface area contributed by atoms with Crippen molar-refractivity contribution in [1.29, 1.82) is 0 Å². The van der Waals surface area contributed by atoms with Gasteiger partial charge in [0.25, 0.3) is 5.91 Å². The molecule has 1 atom stereocenters. The number of carboxylic acids is 1. The van der Waals surface area contributed by atoms with E-state index in [4.69, 9.17) is 16.7 Å². The molecule has 1 unspecified atom stereocenters. The zero-order valence-corrected chi connectivity index (χ0v) is 14.3. The highest BCUT2D eigenvalue weighted by Crippen LogP contribution is 2.26. The number of amides is 1. The fourth-order valence-corrected chi connectivity index (χ4v) is 3.28. The van der Waals surface area contributed by atoms with Gasteiger partial charge in [-0.05, 0) is 31.0 Å². The summed E-state index contributed by atoms with van der Waals surface area (Å²) in [4.78, 5) is 25.3. The lowest BCUT2D eigenvalue weighted by molar-refractivity contribution is -0.141. The molecule has 1 amide bonds. The molecule has 1 aromatic carbocycles. The zero-order valence-electron chi connectivity index (χ0n) is 13.6. The molecule has 1 saturated heterocycles. The molecular formula is C17H17ClFN3O3. The summed E-state index contributed by atoms with van der Waals surface area (Å²) in [5, 5.41) is 13.6. The Hall–Kier alpha value is -2.41. The van der Waals surface area contributed by atoms with Gasteiger partial charge in [0.2, 0.25) is 0 Å². The van der Waals surface area contributed by atoms with Crippen molar-refractivity contribution in [3.8, 4) is 0 Å². The van der Waals surface area contributed by atoms with Crippen LogP contribution in [0.4, 0.5) is 4.39 Å². The topological polar surface area (TPSA) is 75.4 Å². The van der Waals surface area contributed by atoms with Crippen molar-refractivity contribution in [2.75, 3.05) is 13.1 Å². The van der Waals surface area contributed by atoms with Gasteiger partial charge in [-0.25, -0.2) is 9.07 Å². The molecule has 6 nitrogen and oxygen atoms in total. The first-order valence-corrected chi connectivity index (χ1v) is 8.24. The lowest BCUT2D eigenvalue weighted by Crippen LogP contribution is -2.30. The van der Waals surface area contributed by atoms with E-state index in [9.17, 15) is 14.0 Å². The van der Waals surface area contributed by atoms with Crippen LogP contribution in [0.2, 0.25) is 5.15 Å². The predicted octanol–water partition coefficient (Wildman–Crippen LogP) is 2.58. The van der Waals surface area contributed by atoms with Crippen molar-refractivity contribution in [2.45, 2.75) is 19.9 Å². The van der Waals surface area contributed by atoms with Crippen LogP contribution in [0, 0.1) is 18.7 Å². The molecule has 0 saturated carbocycles. The molecule has 1 aliphatic heterocycles. The highest BCUT2D eigenvalue weighted by molar-refractivity contribution is 6.33. The molecule has 25 heavy (non-hydrogen) atoms. The van der Waals surface area contributed by atoms with Crippen molar-refractivity contribution < 1.29 is 19.1 Å². The van der Waals surface area contributed by atoms with Crippen LogP contribution >= 0.6 is 11.6 Å². The monoisotopic (exact) mass is 365 g/mol. The van der Waals surface area contributed by atoms with E-state index in [0.29, 0.717) is 25.2 Å². The van der Waals surface area contributed by atoms with Crippen LogP contribution in [-0.4, -0.2) is 44.8 Å². The van der Waals surface area contributed by atoms with Gasteiger partial charge in [-0.15, -0.1) is 0 Å². The van der Waals surface area contributed by atoms with Gasteiger partial charge in [0.1, 0.15) is 11.0 Å². The summed E-state index contributed by atoms with van der Waals surface area (Å²) < 4.78 is 14.5. The molecule has 0 spiro atoms. The number of benzene rings is 1. The number of likely N-dealkylation sites (tertiary alicyclic amines) is 1. The molecular weight excluding hydrogens is 349 g/mol. The largest absolute Gasteiger partial charge is 0.481 e. The number of carbonyl (C=O) groups excluding carboxylic acids is 1. The van der Waals surface area contributed by atoms with Crippen molar-refractivity contribution in [2.24, 2.45) is 5.92 Å². The number of carboxylic acid groups (broad SMARTS) is 1. The number of aryl methyl sites for hydroxylation is 1. The highest BCUT2D eigenvalue weighted by atomic mass is 35.5. The molecule has 1 aromatic heterocycles. The Kier molecular flexibility index (Phi) is 4.76. The van der Waals surface area contributed by atoms with Crippen molar-refractivity contribution in [3.05, 3.63) is 52.1 Å². The maximum absolute atomic E-state index is 13.0. The Balaban J connectivity index is 1.81. The van der Waals surface area contributed by atoms with Crippen LogP contribution in [-0.2, 0) is 11.3 Å². The summed E-state index contributed by atoms with van der Waals surface area (Å²) in [5.41, 5.74) is 1.57. The van der Waals surface area contributed by atoms with Crippen LogP contribution in [0.1, 0.15) is 28.0 Å². The Labute approximate surface area is 148 Å². The molecule has 1 N–H and O–H groups in total. The van der Waals surface area contributed by atoms with Crippen LogP contribution < -0.4 is 0 Å². The number of aliphatic carboxylic acids is 1. The maximum atomic E-state index is 13.0. The van der Waals surface area contributed by atoms with E-state index in [-0.39, 0.29) is 29.0 Å². The highest BCUT2D eigenvalue weighted by Gasteiger charge is 2.33. The second-order valence-corrected chi connectivity index (χ2v) is 6.47. The number of hydrogen-bond acceptors (Lipinski definition) is 3. The number of halogens is 2. The summed E-state index contributed by atoms with van der Waals surface area (Å²) in [5.74, 6) is -2.08. The minimum absolute atomic E-state index is 0.174. The molecule has 1 fully saturated rings. The van der Waals surface area contributed by atoms with E-state index in [0.717, 1.165) is 5.56 Å². The summed E-state index contributed by atoms with van der Waals surface area (Å²) in [6, 6.07) is 5.95. The minimum Gasteiger partial charge on any atom is -0.481 e. The fourth-order valence-electron chi connectivity index (χ4n) is 2.97. The third-order valence-electron chi connectivity index (χ3n) is 4.35. The van der Waals surface area contributed by atoms with Crippen LogP contribution in [0.15, 0.2) is 24.3 Å². The first kappa shape index (κ1) is 17.4. The Morgan fingerprint density at radius 2 is 2.04 bits per heavy atom. The predicted molar refractivity (Wildman–Crippen MR) is 89.1 cm³/mol. The molecule has 3 rings (SSSR count). The van der Waals surface area contributed by atoms with Crippen LogP contribution in [0.25, 0.3) is 0 Å². The Bertz CT molecular complexity index is 819. The summed E-state index contributed by atoms with van der Waals surface area (Å²) in [7, 11) is 0. The van der Waals surface area contributed by atoms with Crippen LogP contribution in [0.5, 0.6) is 0 Å². The van der Waals surface area contributed by atoms with Gasteiger partial charge in [-0.1, -0.05) is 23.7 Å². The van der Waals surface area contributed by atoms with Gasteiger partial charge in [-0.2, -0.15) is 5.10 Å². The quantitative estimate of drug-likeness (QED) is 0.903. The summed E-state index contributed by atoms with van der Waals surface area (Å²) in [6.07, 6.45) is 0.432. The van der Waals surface area contributed by atoms with E-state index in [2.05, 4.69) is 5.10 Å². The van der Waals surface area contributed by atoms with Crippen molar-refractivity contribution in [3.63, 3.8) is 0 Å². The number of hydrogen-bond donors (Lipinski definition) is 1. The first-order valence-electron chi connectivity index (χ1n) is 7.86. The number of carbonyl (C=O) groups is 2. The first-order chi connectivity index (χ1) is 11.9. The van der Waals surface area contributed by atoms with Crippen molar-refractivity contribution in [1.82, 2.24) is 14.7 Å². The molecule has 1 aliphatic rings. The van der Waals surface area contributed by atoms with E-state index >= 15 is 0 Å². The van der Waals surface area contributed by atoms with Gasteiger partial charge >= 0.3 is 5.97 Å². The zero-order chi connectivity index (χ0) is 18.1. The molecule has 2 heterocycles. The number of nitrogens with zero attached hydrogens (tertiary/aromatic N) is 3. The second-order valence-electron chi connectivity index (χ2n) is 6.11. The van der Waals surface area contributed by atoms with Crippen LogP contribution in [0.3, 0.4) is 0 Å². The lowest BCUT2D eigenvalue weighted by atomic mass is 10.1. The maximum Gasteiger partial charge on any atom is 0.308 e. The Morgan fingerprint density at radius 1 is 1.36 bits per heavy atom. The third-order valence-corrected chi connectivity index (χ3v) is 4.73. The van der Waals surface area contributed by atoms with Gasteiger partial charge in [0.15, 0.2) is 0 Å². The SMILES string of the molecule is Cc1nn(Cc2ccc(F)cc2)c(Cl)c1C(=O)N1CCC(C(=O)O)C1. The fraction of sp³-hybridized carbons (Fsp3) is 0.353. The van der Waals surface area contributed by atoms with E-state index in [1.54, 1.807) is 19.1 Å². The second kappa shape index (κ2) is 6.84. The molecule has 8 heteroatoms. The summed E-state index contributed by atoms with van der Waals surface area (Å²) >= 11 is 6.35. The van der Waals surface area contributed by atoms with Gasteiger partial charge in [0, 0.05) is 13.1 Å². The number of rotatable bonds is 4. The third kappa shape index (κ3) is 3.51. The standard InChI is InChI=1S/C17H17ClFN3O3/c1-10-14(16(23)21-7-6-12(9-21)17(24)25)15(18)22(20-10)8-11-2-4-13(19)5-3-11/h2-5,12H,6-9H2,1H3,(H,24,25). The molecule has 0 aliphatic carbocycles. The molecule has 0 radical (unpaired) electrons. The normalized spacial score (nSPS) is 17.1.